The number of rotatable bonds is 6. The fourth-order valence-corrected chi connectivity index (χ4v) is 2.04. The van der Waals surface area contributed by atoms with E-state index in [-0.39, 0.29) is 0 Å². The zero-order valence-corrected chi connectivity index (χ0v) is 10.6. The third-order valence-electron chi connectivity index (χ3n) is 2.99. The summed E-state index contributed by atoms with van der Waals surface area (Å²) in [5, 5.41) is 9.46. The maximum atomic E-state index is 9.46. The molecule has 1 aromatic carbocycles. The zero-order valence-electron chi connectivity index (χ0n) is 10.6. The molecule has 1 rings (SSSR count). The van der Waals surface area contributed by atoms with Gasteiger partial charge in [-0.15, -0.1) is 0 Å². The summed E-state index contributed by atoms with van der Waals surface area (Å²) in [6.45, 7) is 3.35. The van der Waals surface area contributed by atoms with Crippen LogP contribution in [0.1, 0.15) is 37.7 Å². The first-order valence-electron chi connectivity index (χ1n) is 6.07. The Labute approximate surface area is 98.9 Å². The summed E-state index contributed by atoms with van der Waals surface area (Å²) in [7, 11) is 4.21. The predicted molar refractivity (Wildman–Crippen MR) is 68.9 cm³/mol. The quantitative estimate of drug-likeness (QED) is 0.797. The first-order chi connectivity index (χ1) is 7.63. The van der Waals surface area contributed by atoms with E-state index in [1.165, 1.54) is 18.4 Å². The van der Waals surface area contributed by atoms with Crippen LogP contribution >= 0.6 is 0 Å². The van der Waals surface area contributed by atoms with Crippen LogP contribution in [0.5, 0.6) is 5.75 Å². The topological polar surface area (TPSA) is 23.5 Å². The van der Waals surface area contributed by atoms with Crippen LogP contribution in [-0.2, 0) is 0 Å². The summed E-state index contributed by atoms with van der Waals surface area (Å²) in [6.07, 6.45) is 3.54. The first-order valence-corrected chi connectivity index (χ1v) is 6.07. The zero-order chi connectivity index (χ0) is 12.0. The Balaban J connectivity index is 2.53. The third kappa shape index (κ3) is 4.23. The van der Waals surface area contributed by atoms with Gasteiger partial charge in [-0.2, -0.15) is 0 Å². The van der Waals surface area contributed by atoms with Crippen molar-refractivity contribution in [2.24, 2.45) is 0 Å². The molecule has 90 valence electrons. The molecule has 0 saturated heterocycles. The Morgan fingerprint density at radius 3 is 2.62 bits per heavy atom. The normalized spacial score (nSPS) is 13.0. The summed E-state index contributed by atoms with van der Waals surface area (Å²) in [4.78, 5) is 2.22. The molecule has 0 unspecified atom stereocenters. The molecule has 0 amide bonds. The molecule has 0 heterocycles. The number of hydrogen-bond acceptors (Lipinski definition) is 2. The van der Waals surface area contributed by atoms with E-state index in [0.717, 1.165) is 13.0 Å². The van der Waals surface area contributed by atoms with E-state index >= 15 is 0 Å². The lowest BCUT2D eigenvalue weighted by Gasteiger charge is -2.17. The fraction of sp³-hybridized carbons (Fsp3) is 0.571. The largest absolute Gasteiger partial charge is 0.508 e. The first kappa shape index (κ1) is 13.0. The Hall–Kier alpha value is -1.02. The van der Waals surface area contributed by atoms with Gasteiger partial charge >= 0.3 is 0 Å². The van der Waals surface area contributed by atoms with Crippen LogP contribution in [0.2, 0.25) is 0 Å². The maximum absolute atomic E-state index is 9.46. The highest BCUT2D eigenvalue weighted by Crippen LogP contribution is 2.26. The Kier molecular flexibility index (Phi) is 5.33. The van der Waals surface area contributed by atoms with Gasteiger partial charge in [0.05, 0.1) is 0 Å². The van der Waals surface area contributed by atoms with Crippen molar-refractivity contribution in [3.8, 4) is 5.75 Å². The van der Waals surface area contributed by atoms with Gasteiger partial charge in [-0.1, -0.05) is 19.1 Å². The van der Waals surface area contributed by atoms with Gasteiger partial charge in [-0.25, -0.2) is 0 Å². The second-order valence-corrected chi connectivity index (χ2v) is 4.65. The SMILES string of the molecule is CC[C@H](CCCN(C)C)c1cccc(O)c1. The summed E-state index contributed by atoms with van der Waals surface area (Å²) in [5.74, 6) is 0.954. The molecule has 0 radical (unpaired) electrons. The number of hydrogen-bond donors (Lipinski definition) is 1. The Morgan fingerprint density at radius 1 is 1.31 bits per heavy atom. The highest BCUT2D eigenvalue weighted by Gasteiger charge is 2.09. The van der Waals surface area contributed by atoms with Gasteiger partial charge in [-0.3, -0.25) is 0 Å². The van der Waals surface area contributed by atoms with Crippen molar-refractivity contribution < 1.29 is 5.11 Å². The van der Waals surface area contributed by atoms with E-state index in [2.05, 4.69) is 32.0 Å². The lowest BCUT2D eigenvalue weighted by atomic mass is 9.92. The minimum Gasteiger partial charge on any atom is -0.508 e. The van der Waals surface area contributed by atoms with Crippen LogP contribution in [0.25, 0.3) is 0 Å². The van der Waals surface area contributed by atoms with Crippen molar-refractivity contribution in [1.82, 2.24) is 4.90 Å². The predicted octanol–water partition coefficient (Wildman–Crippen LogP) is 3.23. The second-order valence-electron chi connectivity index (χ2n) is 4.65. The molecule has 1 N–H and O–H groups in total. The van der Waals surface area contributed by atoms with Gasteiger partial charge in [0.2, 0.25) is 0 Å². The molecule has 2 nitrogen and oxygen atoms in total. The number of aromatic hydroxyl groups is 1. The second kappa shape index (κ2) is 6.54. The van der Waals surface area contributed by atoms with Crippen LogP contribution in [0.3, 0.4) is 0 Å². The van der Waals surface area contributed by atoms with E-state index in [0.29, 0.717) is 11.7 Å². The van der Waals surface area contributed by atoms with Crippen LogP contribution in [-0.4, -0.2) is 30.6 Å². The van der Waals surface area contributed by atoms with Gasteiger partial charge in [0, 0.05) is 0 Å². The van der Waals surface area contributed by atoms with E-state index in [1.807, 2.05) is 12.1 Å². The Bertz CT molecular complexity index is 309. The molecule has 0 aliphatic heterocycles. The van der Waals surface area contributed by atoms with Crippen LogP contribution < -0.4 is 0 Å². The molecule has 0 fully saturated rings. The molecule has 1 aromatic rings. The van der Waals surface area contributed by atoms with Gasteiger partial charge in [0.1, 0.15) is 5.75 Å². The van der Waals surface area contributed by atoms with Crippen LogP contribution in [0, 0.1) is 0 Å². The van der Waals surface area contributed by atoms with Crippen LogP contribution in [0.4, 0.5) is 0 Å². The average molecular weight is 221 g/mol. The molecular formula is C14H23NO. The summed E-state index contributed by atoms with van der Waals surface area (Å²) >= 11 is 0. The highest BCUT2D eigenvalue weighted by atomic mass is 16.3. The average Bonchev–Trinajstić information content (AvgIpc) is 2.24. The van der Waals surface area contributed by atoms with E-state index < -0.39 is 0 Å². The monoisotopic (exact) mass is 221 g/mol. The molecule has 0 aromatic heterocycles. The lowest BCUT2D eigenvalue weighted by Crippen LogP contribution is -2.13. The molecular weight excluding hydrogens is 198 g/mol. The Morgan fingerprint density at radius 2 is 2.06 bits per heavy atom. The van der Waals surface area contributed by atoms with Crippen molar-refractivity contribution in [3.63, 3.8) is 0 Å². The number of phenolic OH excluding ortho intramolecular Hbond substituents is 1. The molecule has 2 heteroatoms. The standard InChI is InChI=1S/C14H23NO/c1-4-12(8-6-10-15(2)3)13-7-5-9-14(16)11-13/h5,7,9,11-12,16H,4,6,8,10H2,1-3H3/t12-/m1/s1. The van der Waals surface area contributed by atoms with Crippen molar-refractivity contribution >= 4 is 0 Å². The molecule has 1 atom stereocenters. The lowest BCUT2D eigenvalue weighted by molar-refractivity contribution is 0.383. The van der Waals surface area contributed by atoms with Gasteiger partial charge < -0.3 is 10.0 Å². The number of benzene rings is 1. The number of nitrogens with zero attached hydrogens (tertiary/aromatic N) is 1. The van der Waals surface area contributed by atoms with Crippen LogP contribution in [0.15, 0.2) is 24.3 Å². The van der Waals surface area contributed by atoms with E-state index in [9.17, 15) is 5.11 Å². The molecule has 0 aliphatic carbocycles. The van der Waals surface area contributed by atoms with Crippen molar-refractivity contribution in [1.29, 1.82) is 0 Å². The van der Waals surface area contributed by atoms with Crippen molar-refractivity contribution in [2.45, 2.75) is 32.1 Å². The van der Waals surface area contributed by atoms with Crippen molar-refractivity contribution in [2.75, 3.05) is 20.6 Å². The molecule has 0 spiro atoms. The highest BCUT2D eigenvalue weighted by molar-refractivity contribution is 5.29. The number of phenols is 1. The van der Waals surface area contributed by atoms with E-state index in [1.54, 1.807) is 6.07 Å². The maximum Gasteiger partial charge on any atom is 0.115 e. The van der Waals surface area contributed by atoms with Crippen molar-refractivity contribution in [3.05, 3.63) is 29.8 Å². The molecule has 0 aliphatic rings. The minimum absolute atomic E-state index is 0.378. The smallest absolute Gasteiger partial charge is 0.115 e. The van der Waals surface area contributed by atoms with Gasteiger partial charge in [-0.05, 0) is 63.5 Å². The summed E-state index contributed by atoms with van der Waals surface area (Å²) in [6, 6.07) is 7.67. The van der Waals surface area contributed by atoms with Gasteiger partial charge in [0.25, 0.3) is 0 Å². The fourth-order valence-electron chi connectivity index (χ4n) is 2.04. The van der Waals surface area contributed by atoms with E-state index in [4.69, 9.17) is 0 Å². The molecule has 0 bridgehead atoms. The summed E-state index contributed by atoms with van der Waals surface area (Å²) < 4.78 is 0. The molecule has 16 heavy (non-hydrogen) atoms. The third-order valence-corrected chi connectivity index (χ3v) is 2.99. The van der Waals surface area contributed by atoms with Gasteiger partial charge in [0.15, 0.2) is 0 Å². The summed E-state index contributed by atoms with van der Waals surface area (Å²) in [5.41, 5.74) is 1.27. The minimum atomic E-state index is 0.378. The molecule has 0 saturated carbocycles.